The van der Waals surface area contributed by atoms with Crippen LogP contribution in [-0.2, 0) is 14.8 Å². The predicted molar refractivity (Wildman–Crippen MR) is 88.0 cm³/mol. The minimum atomic E-state index is -4.31. The molecule has 2 aromatic rings. The first-order valence-electron chi connectivity index (χ1n) is 7.05. The molecule has 8 nitrogen and oxygen atoms in total. The van der Waals surface area contributed by atoms with Crippen LogP contribution < -0.4 is 9.46 Å². The van der Waals surface area contributed by atoms with Crippen molar-refractivity contribution in [3.8, 4) is 5.75 Å². The number of nitrogens with zero attached hydrogens (tertiary/aromatic N) is 1. The number of ether oxygens (including phenoxy) is 2. The van der Waals surface area contributed by atoms with Gasteiger partial charge in [-0.3, -0.25) is 4.79 Å². The Labute approximate surface area is 144 Å². The number of pyridine rings is 1. The number of rotatable bonds is 5. The van der Waals surface area contributed by atoms with Gasteiger partial charge in [0.15, 0.2) is 0 Å². The molecular formula is C16H16N2O6S. The molecule has 0 unspecified atom stereocenters. The maximum Gasteiger partial charge on any atom is 0.339 e. The number of hydrogen-bond donors (Lipinski definition) is 1. The average molecular weight is 364 g/mol. The second-order valence-corrected chi connectivity index (χ2v) is 6.61. The van der Waals surface area contributed by atoms with Crippen LogP contribution >= 0.6 is 0 Å². The van der Waals surface area contributed by atoms with Crippen LogP contribution in [0.4, 0.5) is 0 Å². The van der Waals surface area contributed by atoms with E-state index in [1.54, 1.807) is 13.0 Å². The van der Waals surface area contributed by atoms with Gasteiger partial charge >= 0.3 is 5.97 Å². The smallest absolute Gasteiger partial charge is 0.339 e. The van der Waals surface area contributed by atoms with Gasteiger partial charge in [-0.15, -0.1) is 0 Å². The molecule has 1 heterocycles. The number of carbonyl (C=O) groups excluding carboxylic acids is 2. The summed E-state index contributed by atoms with van der Waals surface area (Å²) in [5.41, 5.74) is 0.174. The molecule has 1 aromatic carbocycles. The number of amides is 1. The van der Waals surface area contributed by atoms with Crippen LogP contribution in [-0.4, -0.2) is 39.5 Å². The fraction of sp³-hybridized carbons (Fsp3) is 0.188. The number of carbonyl (C=O) groups is 2. The lowest BCUT2D eigenvalue weighted by Crippen LogP contribution is -2.32. The molecule has 0 aliphatic carbocycles. The highest BCUT2D eigenvalue weighted by Crippen LogP contribution is 2.18. The first kappa shape index (κ1) is 18.4. The van der Waals surface area contributed by atoms with Crippen molar-refractivity contribution in [1.82, 2.24) is 9.71 Å². The minimum Gasteiger partial charge on any atom is -0.497 e. The van der Waals surface area contributed by atoms with Crippen LogP contribution in [0.25, 0.3) is 0 Å². The van der Waals surface area contributed by atoms with Gasteiger partial charge in [0.2, 0.25) is 0 Å². The lowest BCUT2D eigenvalue weighted by Gasteiger charge is -2.11. The third-order valence-electron chi connectivity index (χ3n) is 3.20. The Morgan fingerprint density at radius 2 is 1.80 bits per heavy atom. The summed E-state index contributed by atoms with van der Waals surface area (Å²) in [6, 6.07) is 8.31. The van der Waals surface area contributed by atoms with Crippen molar-refractivity contribution < 1.29 is 27.5 Å². The van der Waals surface area contributed by atoms with Crippen LogP contribution in [0.2, 0.25) is 0 Å². The summed E-state index contributed by atoms with van der Waals surface area (Å²) in [7, 11) is -1.76. The topological polar surface area (TPSA) is 112 Å². The van der Waals surface area contributed by atoms with Crippen LogP contribution in [0.15, 0.2) is 41.3 Å². The second kappa shape index (κ2) is 7.31. The summed E-state index contributed by atoms with van der Waals surface area (Å²) in [5.74, 6) is -1.41. The van der Waals surface area contributed by atoms with Gasteiger partial charge in [0.25, 0.3) is 15.9 Å². The Hall–Kier alpha value is -2.94. The molecular weight excluding hydrogens is 348 g/mol. The fourth-order valence-electron chi connectivity index (χ4n) is 2.08. The van der Waals surface area contributed by atoms with Gasteiger partial charge in [-0.05, 0) is 19.1 Å². The molecule has 25 heavy (non-hydrogen) atoms. The van der Waals surface area contributed by atoms with E-state index in [9.17, 15) is 18.0 Å². The Bertz CT molecular complexity index is 924. The van der Waals surface area contributed by atoms with Crippen molar-refractivity contribution >= 4 is 21.9 Å². The molecule has 0 bridgehead atoms. The van der Waals surface area contributed by atoms with Gasteiger partial charge in [0.1, 0.15) is 16.3 Å². The largest absolute Gasteiger partial charge is 0.497 e. The standard InChI is InChI=1S/C16H16N2O6S/c1-10-8-11(23-2)9-13(17-10)15(19)18-25(21,22)14-7-5-4-6-12(14)16(20)24-3/h4-9H,1-3H3,(H,18,19). The van der Waals surface area contributed by atoms with E-state index in [4.69, 9.17) is 4.74 Å². The second-order valence-electron chi connectivity index (χ2n) is 4.96. The molecule has 0 spiro atoms. The first-order chi connectivity index (χ1) is 11.8. The van der Waals surface area contributed by atoms with E-state index in [2.05, 4.69) is 9.72 Å². The molecule has 132 valence electrons. The Morgan fingerprint density at radius 3 is 2.44 bits per heavy atom. The van der Waals surface area contributed by atoms with Crippen molar-refractivity contribution in [1.29, 1.82) is 0 Å². The maximum atomic E-state index is 12.5. The molecule has 0 saturated carbocycles. The molecule has 0 fully saturated rings. The van der Waals surface area contributed by atoms with Gasteiger partial charge in [-0.25, -0.2) is 22.9 Å². The van der Waals surface area contributed by atoms with Gasteiger partial charge < -0.3 is 9.47 Å². The zero-order valence-electron chi connectivity index (χ0n) is 13.8. The van der Waals surface area contributed by atoms with Crippen molar-refractivity contribution in [2.24, 2.45) is 0 Å². The third kappa shape index (κ3) is 4.13. The van der Waals surface area contributed by atoms with Crippen LogP contribution in [0.3, 0.4) is 0 Å². The molecule has 0 radical (unpaired) electrons. The summed E-state index contributed by atoms with van der Waals surface area (Å²) in [6.07, 6.45) is 0. The lowest BCUT2D eigenvalue weighted by molar-refractivity contribution is 0.0596. The zero-order valence-corrected chi connectivity index (χ0v) is 14.6. The van der Waals surface area contributed by atoms with Crippen molar-refractivity contribution in [3.05, 3.63) is 53.3 Å². The fourth-order valence-corrected chi connectivity index (χ4v) is 3.24. The van der Waals surface area contributed by atoms with Crippen molar-refractivity contribution in [2.45, 2.75) is 11.8 Å². The molecule has 0 aliphatic heterocycles. The molecule has 1 aromatic heterocycles. The number of methoxy groups -OCH3 is 2. The Kier molecular flexibility index (Phi) is 5.38. The lowest BCUT2D eigenvalue weighted by atomic mass is 10.2. The molecule has 2 rings (SSSR count). The van der Waals surface area contributed by atoms with Gasteiger partial charge in [-0.1, -0.05) is 12.1 Å². The summed E-state index contributed by atoms with van der Waals surface area (Å²) in [4.78, 5) is 27.6. The average Bonchev–Trinajstić information content (AvgIpc) is 2.60. The van der Waals surface area contributed by atoms with E-state index >= 15 is 0 Å². The third-order valence-corrected chi connectivity index (χ3v) is 4.59. The number of aryl methyl sites for hydroxylation is 1. The number of sulfonamides is 1. The highest BCUT2D eigenvalue weighted by molar-refractivity contribution is 7.90. The monoisotopic (exact) mass is 364 g/mol. The quantitative estimate of drug-likeness (QED) is 0.796. The number of esters is 1. The van der Waals surface area contributed by atoms with Gasteiger partial charge in [0, 0.05) is 17.8 Å². The van der Waals surface area contributed by atoms with Crippen molar-refractivity contribution in [3.63, 3.8) is 0 Å². The van der Waals surface area contributed by atoms with Crippen molar-refractivity contribution in [2.75, 3.05) is 14.2 Å². The normalized spacial score (nSPS) is 10.8. The van der Waals surface area contributed by atoms with E-state index in [1.807, 2.05) is 4.72 Å². The maximum absolute atomic E-state index is 12.5. The first-order valence-corrected chi connectivity index (χ1v) is 8.54. The van der Waals surface area contributed by atoms with Crippen LogP contribution in [0, 0.1) is 6.92 Å². The van der Waals surface area contributed by atoms with E-state index < -0.39 is 21.9 Å². The Balaban J connectivity index is 2.38. The molecule has 0 atom stereocenters. The summed E-state index contributed by atoms with van der Waals surface area (Å²) in [6.45, 7) is 1.64. The molecule has 1 amide bonds. The number of aromatic nitrogens is 1. The highest BCUT2D eigenvalue weighted by Gasteiger charge is 2.25. The number of hydrogen-bond acceptors (Lipinski definition) is 7. The number of benzene rings is 1. The van der Waals surface area contributed by atoms with E-state index in [1.165, 1.54) is 37.4 Å². The SMILES string of the molecule is COC(=O)c1ccccc1S(=O)(=O)NC(=O)c1cc(OC)cc(C)n1. The minimum absolute atomic E-state index is 0.129. The predicted octanol–water partition coefficient (Wildman–Crippen LogP) is 1.30. The molecule has 1 N–H and O–H groups in total. The summed E-state index contributed by atoms with van der Waals surface area (Å²) >= 11 is 0. The van der Waals surface area contributed by atoms with Gasteiger partial charge in [0.05, 0.1) is 19.8 Å². The summed E-state index contributed by atoms with van der Waals surface area (Å²) in [5, 5.41) is 0. The van der Waals surface area contributed by atoms with E-state index in [0.29, 0.717) is 11.4 Å². The summed E-state index contributed by atoms with van der Waals surface area (Å²) < 4.78 is 36.5. The van der Waals surface area contributed by atoms with Crippen LogP contribution in [0.5, 0.6) is 5.75 Å². The highest BCUT2D eigenvalue weighted by atomic mass is 32.2. The molecule has 0 saturated heterocycles. The van der Waals surface area contributed by atoms with E-state index in [0.717, 1.165) is 7.11 Å². The van der Waals surface area contributed by atoms with Gasteiger partial charge in [-0.2, -0.15) is 0 Å². The van der Waals surface area contributed by atoms with E-state index in [-0.39, 0.29) is 16.2 Å². The molecule has 9 heteroatoms. The number of nitrogens with one attached hydrogen (secondary N) is 1. The Morgan fingerprint density at radius 1 is 1.12 bits per heavy atom. The van der Waals surface area contributed by atoms with Crippen LogP contribution in [0.1, 0.15) is 26.5 Å². The zero-order chi connectivity index (χ0) is 18.6. The molecule has 0 aliphatic rings.